The van der Waals surface area contributed by atoms with Gasteiger partial charge in [0.1, 0.15) is 17.6 Å². The maximum absolute atomic E-state index is 14.3. The van der Waals surface area contributed by atoms with Gasteiger partial charge in [-0.25, -0.2) is 4.39 Å². The molecule has 1 fully saturated rings. The maximum Gasteiger partial charge on any atom is 0.257 e. The van der Waals surface area contributed by atoms with Crippen LogP contribution in [0.2, 0.25) is 0 Å². The first-order chi connectivity index (χ1) is 14.1. The fourth-order valence-corrected chi connectivity index (χ4v) is 3.41. The molecule has 29 heavy (non-hydrogen) atoms. The van der Waals surface area contributed by atoms with Gasteiger partial charge in [0.25, 0.3) is 5.91 Å². The predicted octanol–water partition coefficient (Wildman–Crippen LogP) is 3.73. The van der Waals surface area contributed by atoms with Crippen molar-refractivity contribution in [2.24, 2.45) is 0 Å². The van der Waals surface area contributed by atoms with Crippen LogP contribution in [-0.2, 0) is 0 Å². The number of nitrogens with zero attached hydrogens (tertiary/aromatic N) is 4. The summed E-state index contributed by atoms with van der Waals surface area (Å²) < 4.78 is 24.9. The van der Waals surface area contributed by atoms with Crippen molar-refractivity contribution in [3.63, 3.8) is 0 Å². The van der Waals surface area contributed by atoms with Crippen LogP contribution >= 0.6 is 0 Å². The molecule has 0 N–H and O–H groups in total. The molecule has 7 nitrogen and oxygen atoms in total. The number of ether oxygens (including phenoxy) is 1. The van der Waals surface area contributed by atoms with Gasteiger partial charge >= 0.3 is 0 Å². The van der Waals surface area contributed by atoms with Crippen LogP contribution in [0.3, 0.4) is 0 Å². The second-order valence-corrected chi connectivity index (χ2v) is 6.65. The van der Waals surface area contributed by atoms with Crippen LogP contribution in [0.5, 0.6) is 5.75 Å². The third-order valence-corrected chi connectivity index (χ3v) is 4.92. The van der Waals surface area contributed by atoms with E-state index in [0.29, 0.717) is 24.7 Å². The van der Waals surface area contributed by atoms with Gasteiger partial charge in [-0.1, -0.05) is 5.16 Å². The number of aromatic nitrogens is 2. The summed E-state index contributed by atoms with van der Waals surface area (Å²) in [5.41, 5.74) is 0.846. The summed E-state index contributed by atoms with van der Waals surface area (Å²) in [6.07, 6.45) is 1.39. The normalized spacial score (nSPS) is 15.9. The molecule has 0 saturated carbocycles. The molecule has 0 bridgehead atoms. The van der Waals surface area contributed by atoms with E-state index >= 15 is 0 Å². The number of benzene rings is 2. The molecule has 0 aliphatic carbocycles. The zero-order valence-corrected chi connectivity index (χ0v) is 15.6. The lowest BCUT2D eigenvalue weighted by Crippen LogP contribution is -2.31. The number of halogens is 1. The van der Waals surface area contributed by atoms with Gasteiger partial charge in [0.2, 0.25) is 11.7 Å². The summed E-state index contributed by atoms with van der Waals surface area (Å²) in [7, 11) is 1.59. The van der Waals surface area contributed by atoms with Crippen molar-refractivity contribution in [3.05, 3.63) is 65.3 Å². The molecule has 1 atom stereocenters. The summed E-state index contributed by atoms with van der Waals surface area (Å²) >= 11 is 0. The molecule has 1 aromatic heterocycles. The number of likely N-dealkylation sites (tertiary alicyclic amines) is 1. The Bertz CT molecular complexity index is 1090. The van der Waals surface area contributed by atoms with Gasteiger partial charge in [0.05, 0.1) is 24.3 Å². The fraction of sp³-hybridized carbons (Fsp3) is 0.238. The summed E-state index contributed by atoms with van der Waals surface area (Å²) in [5, 5.41) is 12.9. The Kier molecular flexibility index (Phi) is 4.96. The summed E-state index contributed by atoms with van der Waals surface area (Å²) in [6.45, 7) is 0.461. The molecule has 0 unspecified atom stereocenters. The van der Waals surface area contributed by atoms with E-state index in [9.17, 15) is 9.18 Å². The minimum absolute atomic E-state index is 0.0780. The highest BCUT2D eigenvalue weighted by Crippen LogP contribution is 2.33. The van der Waals surface area contributed by atoms with Crippen molar-refractivity contribution >= 4 is 5.91 Å². The number of carbonyl (C=O) groups is 1. The van der Waals surface area contributed by atoms with Crippen molar-refractivity contribution in [2.75, 3.05) is 13.7 Å². The van der Waals surface area contributed by atoms with Gasteiger partial charge in [-0.15, -0.1) is 0 Å². The van der Waals surface area contributed by atoms with E-state index < -0.39 is 17.8 Å². The number of rotatable bonds is 4. The predicted molar refractivity (Wildman–Crippen MR) is 100 cm³/mol. The van der Waals surface area contributed by atoms with Gasteiger partial charge in [-0.05, 0) is 55.3 Å². The minimum Gasteiger partial charge on any atom is -0.497 e. The van der Waals surface area contributed by atoms with E-state index in [-0.39, 0.29) is 11.1 Å². The van der Waals surface area contributed by atoms with Gasteiger partial charge in [0.15, 0.2) is 0 Å². The Morgan fingerprint density at radius 2 is 2.10 bits per heavy atom. The first kappa shape index (κ1) is 18.6. The van der Waals surface area contributed by atoms with E-state index in [4.69, 9.17) is 14.5 Å². The minimum atomic E-state index is -0.718. The molecular weight excluding hydrogens is 375 g/mol. The largest absolute Gasteiger partial charge is 0.497 e. The van der Waals surface area contributed by atoms with E-state index in [0.717, 1.165) is 23.8 Å². The molecule has 1 aliphatic heterocycles. The molecule has 3 aromatic rings. The lowest BCUT2D eigenvalue weighted by molar-refractivity contribution is 0.0705. The first-order valence-corrected chi connectivity index (χ1v) is 9.09. The van der Waals surface area contributed by atoms with Crippen LogP contribution in [0.1, 0.15) is 40.7 Å². The molecule has 8 heteroatoms. The zero-order chi connectivity index (χ0) is 20.4. The molecule has 0 radical (unpaired) electrons. The summed E-state index contributed by atoms with van der Waals surface area (Å²) in [5.74, 6) is 0.263. The Morgan fingerprint density at radius 3 is 2.79 bits per heavy atom. The van der Waals surface area contributed by atoms with Crippen LogP contribution in [0.4, 0.5) is 4.39 Å². The molecule has 1 saturated heterocycles. The van der Waals surface area contributed by atoms with E-state index in [1.807, 2.05) is 18.2 Å². The van der Waals surface area contributed by atoms with Crippen molar-refractivity contribution in [1.29, 1.82) is 5.26 Å². The van der Waals surface area contributed by atoms with Crippen molar-refractivity contribution in [3.8, 4) is 23.2 Å². The number of hydrogen-bond donors (Lipinski definition) is 0. The Morgan fingerprint density at radius 1 is 1.31 bits per heavy atom. The second kappa shape index (κ2) is 7.72. The second-order valence-electron chi connectivity index (χ2n) is 6.65. The molecular formula is C21H17FN4O3. The third-order valence-electron chi connectivity index (χ3n) is 4.92. The molecule has 4 rings (SSSR count). The van der Waals surface area contributed by atoms with Crippen LogP contribution in [0.15, 0.2) is 47.0 Å². The van der Waals surface area contributed by atoms with Gasteiger partial charge in [-0.2, -0.15) is 10.2 Å². The third kappa shape index (κ3) is 3.55. The number of carbonyl (C=O) groups excluding carboxylic acids is 1. The lowest BCUT2D eigenvalue weighted by atomic mass is 10.1. The van der Waals surface area contributed by atoms with E-state index in [1.165, 1.54) is 17.0 Å². The van der Waals surface area contributed by atoms with Gasteiger partial charge in [-0.3, -0.25) is 4.79 Å². The average molecular weight is 392 g/mol. The highest BCUT2D eigenvalue weighted by Gasteiger charge is 2.35. The number of nitriles is 1. The molecule has 2 aromatic carbocycles. The molecule has 0 spiro atoms. The highest BCUT2D eigenvalue weighted by atomic mass is 19.1. The first-order valence-electron chi connectivity index (χ1n) is 9.09. The van der Waals surface area contributed by atoms with Crippen LogP contribution in [0, 0.1) is 17.1 Å². The van der Waals surface area contributed by atoms with E-state index in [2.05, 4.69) is 10.1 Å². The van der Waals surface area contributed by atoms with Crippen molar-refractivity contribution < 1.29 is 18.4 Å². The standard InChI is InChI=1S/C21H17FN4O3/c1-28-15-7-5-14(6-8-15)19-24-20(29-25-19)18-3-2-10-26(18)21(27)16-9-4-13(12-23)11-17(16)22/h4-9,11,18H,2-3,10H2,1H3/t18-/m1/s1. The summed E-state index contributed by atoms with van der Waals surface area (Å²) in [4.78, 5) is 18.9. The van der Waals surface area contributed by atoms with Crippen molar-refractivity contribution in [2.45, 2.75) is 18.9 Å². The number of amides is 1. The smallest absolute Gasteiger partial charge is 0.257 e. The lowest BCUT2D eigenvalue weighted by Gasteiger charge is -2.22. The average Bonchev–Trinajstić information content (AvgIpc) is 3.42. The topological polar surface area (TPSA) is 92.3 Å². The van der Waals surface area contributed by atoms with Gasteiger partial charge in [0, 0.05) is 12.1 Å². The van der Waals surface area contributed by atoms with Crippen molar-refractivity contribution in [1.82, 2.24) is 15.0 Å². The Balaban J connectivity index is 1.58. The van der Waals surface area contributed by atoms with Gasteiger partial charge < -0.3 is 14.2 Å². The van der Waals surface area contributed by atoms with Crippen LogP contribution in [-0.4, -0.2) is 34.6 Å². The summed E-state index contributed by atoms with van der Waals surface area (Å²) in [6, 6.07) is 12.5. The highest BCUT2D eigenvalue weighted by molar-refractivity contribution is 5.95. The molecule has 146 valence electrons. The molecule has 1 aliphatic rings. The Labute approximate surface area is 166 Å². The molecule has 2 heterocycles. The SMILES string of the molecule is COc1ccc(-c2noc([C@H]3CCCN3C(=O)c3ccc(C#N)cc3F)n2)cc1. The quantitative estimate of drug-likeness (QED) is 0.672. The zero-order valence-electron chi connectivity index (χ0n) is 15.6. The Hall–Kier alpha value is -3.73. The fourth-order valence-electron chi connectivity index (χ4n) is 3.41. The van der Waals surface area contributed by atoms with E-state index in [1.54, 1.807) is 19.2 Å². The molecule has 1 amide bonds. The van der Waals surface area contributed by atoms with Crippen LogP contribution in [0.25, 0.3) is 11.4 Å². The monoisotopic (exact) mass is 392 g/mol. The number of methoxy groups -OCH3 is 1. The van der Waals surface area contributed by atoms with Crippen LogP contribution < -0.4 is 4.74 Å². The maximum atomic E-state index is 14.3. The number of hydrogen-bond acceptors (Lipinski definition) is 6.